The Morgan fingerprint density at radius 2 is 2.12 bits per heavy atom. The van der Waals surface area contributed by atoms with Gasteiger partial charge in [-0.1, -0.05) is 0 Å². The molecule has 1 saturated carbocycles. The third-order valence-electron chi connectivity index (χ3n) is 5.55. The lowest BCUT2D eigenvalue weighted by atomic mass is 10.1. The molecule has 24 heavy (non-hydrogen) atoms. The highest BCUT2D eigenvalue weighted by Gasteiger charge is 2.33. The molecule has 126 valence electrons. The quantitative estimate of drug-likeness (QED) is 0.839. The topological polar surface area (TPSA) is 58.3 Å². The lowest BCUT2D eigenvalue weighted by Crippen LogP contribution is -2.58. The standard InChI is InChI=1S/C18H23N5O/c1-22(11-18-19-8-16(24-18)12-5-6-12)14-9-23(10-14)17-7-13-3-2-4-15(13)20-21-17/h7-8,12,14H,2-6,9-11H2,1H3. The summed E-state index contributed by atoms with van der Waals surface area (Å²) in [5, 5.41) is 8.80. The van der Waals surface area contributed by atoms with Crippen molar-refractivity contribution in [1.82, 2.24) is 20.1 Å². The maximum absolute atomic E-state index is 5.87. The van der Waals surface area contributed by atoms with E-state index >= 15 is 0 Å². The second-order valence-electron chi connectivity index (χ2n) is 7.43. The van der Waals surface area contributed by atoms with E-state index in [0.29, 0.717) is 12.0 Å². The Bertz CT molecular complexity index is 748. The van der Waals surface area contributed by atoms with Crippen molar-refractivity contribution < 1.29 is 4.42 Å². The van der Waals surface area contributed by atoms with Gasteiger partial charge in [-0.05, 0) is 50.8 Å². The van der Waals surface area contributed by atoms with Gasteiger partial charge in [-0.25, -0.2) is 4.98 Å². The van der Waals surface area contributed by atoms with Crippen LogP contribution in [-0.4, -0.2) is 46.3 Å². The fourth-order valence-corrected chi connectivity index (χ4v) is 3.69. The van der Waals surface area contributed by atoms with Crippen LogP contribution in [0.4, 0.5) is 5.82 Å². The molecule has 3 heterocycles. The average Bonchev–Trinajstić information content (AvgIpc) is 3.09. The monoisotopic (exact) mass is 325 g/mol. The highest BCUT2D eigenvalue weighted by molar-refractivity contribution is 5.45. The summed E-state index contributed by atoms with van der Waals surface area (Å²) < 4.78 is 5.87. The van der Waals surface area contributed by atoms with Crippen LogP contribution in [0.1, 0.15) is 48.1 Å². The summed E-state index contributed by atoms with van der Waals surface area (Å²) in [6, 6.07) is 2.76. The first kappa shape index (κ1) is 14.4. The number of likely N-dealkylation sites (N-methyl/N-ethyl adjacent to an activating group) is 1. The molecule has 2 aromatic heterocycles. The van der Waals surface area contributed by atoms with E-state index in [1.54, 1.807) is 0 Å². The number of hydrogen-bond donors (Lipinski definition) is 0. The molecule has 0 bridgehead atoms. The van der Waals surface area contributed by atoms with Gasteiger partial charge in [0.15, 0.2) is 5.82 Å². The summed E-state index contributed by atoms with van der Waals surface area (Å²) in [5.74, 6) is 3.58. The first-order valence-corrected chi connectivity index (χ1v) is 9.01. The van der Waals surface area contributed by atoms with E-state index in [2.05, 4.69) is 38.1 Å². The molecule has 0 amide bonds. The van der Waals surface area contributed by atoms with E-state index in [9.17, 15) is 0 Å². The van der Waals surface area contributed by atoms with Crippen LogP contribution in [0.2, 0.25) is 0 Å². The van der Waals surface area contributed by atoms with Gasteiger partial charge in [0, 0.05) is 25.0 Å². The zero-order valence-corrected chi connectivity index (χ0v) is 14.1. The van der Waals surface area contributed by atoms with Gasteiger partial charge in [0.1, 0.15) is 5.76 Å². The molecule has 2 aromatic rings. The minimum Gasteiger partial charge on any atom is -0.444 e. The van der Waals surface area contributed by atoms with Crippen LogP contribution in [0.15, 0.2) is 16.7 Å². The summed E-state index contributed by atoms with van der Waals surface area (Å²) >= 11 is 0. The van der Waals surface area contributed by atoms with Gasteiger partial charge in [0.25, 0.3) is 0 Å². The first-order chi connectivity index (χ1) is 11.8. The van der Waals surface area contributed by atoms with Gasteiger partial charge < -0.3 is 9.32 Å². The zero-order valence-electron chi connectivity index (χ0n) is 14.1. The maximum Gasteiger partial charge on any atom is 0.208 e. The van der Waals surface area contributed by atoms with Gasteiger partial charge in [-0.15, -0.1) is 5.10 Å². The van der Waals surface area contributed by atoms with Crippen molar-refractivity contribution in [3.05, 3.63) is 35.2 Å². The van der Waals surface area contributed by atoms with E-state index in [1.165, 1.54) is 30.5 Å². The molecule has 2 aliphatic carbocycles. The summed E-state index contributed by atoms with van der Waals surface area (Å²) in [4.78, 5) is 9.08. The predicted molar refractivity (Wildman–Crippen MR) is 90.0 cm³/mol. The number of rotatable bonds is 5. The molecule has 1 saturated heterocycles. The molecular formula is C18H23N5O. The predicted octanol–water partition coefficient (Wildman–Crippen LogP) is 2.15. The fraction of sp³-hybridized carbons (Fsp3) is 0.611. The van der Waals surface area contributed by atoms with Gasteiger partial charge >= 0.3 is 0 Å². The zero-order chi connectivity index (χ0) is 16.1. The van der Waals surface area contributed by atoms with E-state index in [-0.39, 0.29) is 0 Å². The number of anilines is 1. The molecule has 1 aliphatic heterocycles. The molecule has 0 unspecified atom stereocenters. The molecule has 6 nitrogen and oxygen atoms in total. The second kappa shape index (κ2) is 5.55. The Hall–Kier alpha value is -1.95. The molecule has 0 spiro atoms. The summed E-state index contributed by atoms with van der Waals surface area (Å²) in [6.07, 6.45) is 7.88. The molecular weight excluding hydrogens is 302 g/mol. The van der Waals surface area contributed by atoms with Gasteiger partial charge in [-0.3, -0.25) is 4.90 Å². The lowest BCUT2D eigenvalue weighted by molar-refractivity contribution is 0.179. The molecule has 0 radical (unpaired) electrons. The van der Waals surface area contributed by atoms with Crippen molar-refractivity contribution >= 4 is 5.82 Å². The summed E-state index contributed by atoms with van der Waals surface area (Å²) in [5.41, 5.74) is 2.59. The number of aromatic nitrogens is 3. The SMILES string of the molecule is CN(Cc1ncc(C2CC2)o1)C1CN(c2cc3c(nn2)CCC3)C1. The van der Waals surface area contributed by atoms with Crippen molar-refractivity contribution in [2.75, 3.05) is 25.0 Å². The maximum atomic E-state index is 5.87. The first-order valence-electron chi connectivity index (χ1n) is 9.01. The smallest absolute Gasteiger partial charge is 0.208 e. The van der Waals surface area contributed by atoms with Crippen molar-refractivity contribution in [3.8, 4) is 0 Å². The molecule has 5 rings (SSSR count). The minimum atomic E-state index is 0.524. The van der Waals surface area contributed by atoms with E-state index in [4.69, 9.17) is 4.42 Å². The van der Waals surface area contributed by atoms with Crippen molar-refractivity contribution in [3.63, 3.8) is 0 Å². The highest BCUT2D eigenvalue weighted by Crippen LogP contribution is 2.40. The van der Waals surface area contributed by atoms with Crippen LogP contribution in [0.3, 0.4) is 0 Å². The van der Waals surface area contributed by atoms with Crippen LogP contribution >= 0.6 is 0 Å². The van der Waals surface area contributed by atoms with E-state index in [1.807, 2.05) is 6.20 Å². The Labute approximate surface area is 141 Å². The number of fused-ring (bicyclic) bond motifs is 1. The van der Waals surface area contributed by atoms with Gasteiger partial charge in [0.05, 0.1) is 18.4 Å². The van der Waals surface area contributed by atoms with E-state index < -0.39 is 0 Å². The largest absolute Gasteiger partial charge is 0.444 e. The third-order valence-corrected chi connectivity index (χ3v) is 5.55. The number of aryl methyl sites for hydroxylation is 2. The van der Waals surface area contributed by atoms with Crippen LogP contribution in [0.25, 0.3) is 0 Å². The molecule has 0 N–H and O–H groups in total. The number of nitrogens with zero attached hydrogens (tertiary/aromatic N) is 5. The van der Waals surface area contributed by atoms with E-state index in [0.717, 1.165) is 49.9 Å². The van der Waals surface area contributed by atoms with Crippen LogP contribution in [-0.2, 0) is 19.4 Å². The molecule has 2 fully saturated rings. The normalized spacial score (nSPS) is 20.5. The molecule has 3 aliphatic rings. The Morgan fingerprint density at radius 1 is 1.25 bits per heavy atom. The Morgan fingerprint density at radius 3 is 2.96 bits per heavy atom. The summed E-state index contributed by atoms with van der Waals surface area (Å²) in [7, 11) is 2.15. The van der Waals surface area contributed by atoms with Crippen molar-refractivity contribution in [2.24, 2.45) is 0 Å². The minimum absolute atomic E-state index is 0.524. The van der Waals surface area contributed by atoms with Crippen LogP contribution in [0, 0.1) is 0 Å². The van der Waals surface area contributed by atoms with Crippen LogP contribution < -0.4 is 4.90 Å². The Kier molecular flexibility index (Phi) is 3.33. The van der Waals surface area contributed by atoms with Gasteiger partial charge in [-0.2, -0.15) is 5.10 Å². The number of oxazole rings is 1. The number of hydrogen-bond acceptors (Lipinski definition) is 6. The molecule has 6 heteroatoms. The highest BCUT2D eigenvalue weighted by atomic mass is 16.4. The van der Waals surface area contributed by atoms with Gasteiger partial charge in [0.2, 0.25) is 5.89 Å². The second-order valence-corrected chi connectivity index (χ2v) is 7.43. The Balaban J connectivity index is 1.18. The lowest BCUT2D eigenvalue weighted by Gasteiger charge is -2.44. The van der Waals surface area contributed by atoms with Crippen LogP contribution in [0.5, 0.6) is 0 Å². The third kappa shape index (κ3) is 2.59. The molecule has 0 atom stereocenters. The average molecular weight is 325 g/mol. The molecule has 0 aromatic carbocycles. The fourth-order valence-electron chi connectivity index (χ4n) is 3.69. The summed E-state index contributed by atoms with van der Waals surface area (Å²) in [6.45, 7) is 2.78. The van der Waals surface area contributed by atoms with Crippen molar-refractivity contribution in [1.29, 1.82) is 0 Å². The van der Waals surface area contributed by atoms with Crippen molar-refractivity contribution in [2.45, 2.75) is 50.6 Å².